The van der Waals surface area contributed by atoms with Crippen LogP contribution in [0.3, 0.4) is 0 Å². The number of hydrogen-bond acceptors (Lipinski definition) is 4. The molecule has 1 fully saturated rings. The summed E-state index contributed by atoms with van der Waals surface area (Å²) >= 11 is 0. The van der Waals surface area contributed by atoms with Gasteiger partial charge in [-0.05, 0) is 48.4 Å². The van der Waals surface area contributed by atoms with Crippen molar-refractivity contribution in [2.45, 2.75) is 12.8 Å². The van der Waals surface area contributed by atoms with Gasteiger partial charge < -0.3 is 10.4 Å². The molecule has 0 spiro atoms. The highest BCUT2D eigenvalue weighted by molar-refractivity contribution is 7.93. The third-order valence-corrected chi connectivity index (χ3v) is 5.71. The molecule has 1 aliphatic heterocycles. The molecule has 24 heavy (non-hydrogen) atoms. The number of hydrogen-bond donors (Lipinski definition) is 2. The van der Waals surface area contributed by atoms with Gasteiger partial charge in [-0.1, -0.05) is 12.1 Å². The summed E-state index contributed by atoms with van der Waals surface area (Å²) in [6, 6.07) is 13.2. The van der Waals surface area contributed by atoms with Gasteiger partial charge in [0.2, 0.25) is 15.9 Å². The summed E-state index contributed by atoms with van der Waals surface area (Å²) < 4.78 is 25.2. The SMILES string of the molecule is O=C(Cc1ccc(O)cc1)Nc1ccc(N2CCCS2(=O)=O)cc1. The van der Waals surface area contributed by atoms with Crippen molar-refractivity contribution >= 4 is 27.3 Å². The fraction of sp³-hybridized carbons (Fsp3) is 0.235. The summed E-state index contributed by atoms with van der Waals surface area (Å²) in [7, 11) is -3.19. The number of nitrogens with one attached hydrogen (secondary N) is 1. The van der Waals surface area contributed by atoms with Crippen LogP contribution in [0.4, 0.5) is 11.4 Å². The van der Waals surface area contributed by atoms with Gasteiger partial charge in [0, 0.05) is 12.2 Å². The van der Waals surface area contributed by atoms with Gasteiger partial charge in [-0.3, -0.25) is 9.10 Å². The number of carbonyl (C=O) groups is 1. The van der Waals surface area contributed by atoms with E-state index in [-0.39, 0.29) is 23.8 Å². The van der Waals surface area contributed by atoms with E-state index in [1.165, 1.54) is 16.4 Å². The lowest BCUT2D eigenvalue weighted by Crippen LogP contribution is -2.25. The molecule has 1 saturated heterocycles. The van der Waals surface area contributed by atoms with Crippen LogP contribution >= 0.6 is 0 Å². The highest BCUT2D eigenvalue weighted by atomic mass is 32.2. The normalized spacial score (nSPS) is 16.1. The van der Waals surface area contributed by atoms with Crippen molar-refractivity contribution in [2.75, 3.05) is 21.9 Å². The predicted molar refractivity (Wildman–Crippen MR) is 92.6 cm³/mol. The van der Waals surface area contributed by atoms with E-state index < -0.39 is 10.0 Å². The Kier molecular flexibility index (Phi) is 4.44. The van der Waals surface area contributed by atoms with Crippen LogP contribution in [0.25, 0.3) is 0 Å². The first-order valence-corrected chi connectivity index (χ1v) is 9.23. The van der Waals surface area contributed by atoms with E-state index in [0.29, 0.717) is 24.3 Å². The maximum atomic E-state index is 12.0. The molecule has 3 rings (SSSR count). The minimum atomic E-state index is -3.19. The third-order valence-electron chi connectivity index (χ3n) is 3.84. The zero-order valence-corrected chi connectivity index (χ0v) is 13.8. The second-order valence-electron chi connectivity index (χ2n) is 5.68. The molecule has 2 aromatic carbocycles. The molecule has 1 aliphatic rings. The van der Waals surface area contributed by atoms with Crippen molar-refractivity contribution < 1.29 is 18.3 Å². The van der Waals surface area contributed by atoms with Crippen LogP contribution < -0.4 is 9.62 Å². The van der Waals surface area contributed by atoms with Crippen LogP contribution in [0.5, 0.6) is 5.75 Å². The van der Waals surface area contributed by atoms with Crippen molar-refractivity contribution in [2.24, 2.45) is 0 Å². The van der Waals surface area contributed by atoms with Gasteiger partial charge in [-0.15, -0.1) is 0 Å². The topological polar surface area (TPSA) is 86.7 Å². The van der Waals surface area contributed by atoms with Crippen molar-refractivity contribution in [3.8, 4) is 5.75 Å². The predicted octanol–water partition coefficient (Wildman–Crippen LogP) is 2.11. The molecule has 0 unspecified atom stereocenters. The van der Waals surface area contributed by atoms with Crippen LogP contribution in [0.15, 0.2) is 48.5 Å². The second-order valence-corrected chi connectivity index (χ2v) is 7.69. The Hall–Kier alpha value is -2.54. The van der Waals surface area contributed by atoms with E-state index in [1.807, 2.05) is 0 Å². The van der Waals surface area contributed by atoms with E-state index in [4.69, 9.17) is 0 Å². The van der Waals surface area contributed by atoms with Gasteiger partial charge in [-0.25, -0.2) is 8.42 Å². The molecule has 126 valence electrons. The van der Waals surface area contributed by atoms with Gasteiger partial charge >= 0.3 is 0 Å². The van der Waals surface area contributed by atoms with Gasteiger partial charge in [0.25, 0.3) is 0 Å². The second kappa shape index (κ2) is 6.52. The lowest BCUT2D eigenvalue weighted by atomic mass is 10.1. The van der Waals surface area contributed by atoms with Crippen LogP contribution in [0.2, 0.25) is 0 Å². The summed E-state index contributed by atoms with van der Waals surface area (Å²) in [6.45, 7) is 0.495. The van der Waals surface area contributed by atoms with Crippen LogP contribution in [0.1, 0.15) is 12.0 Å². The fourth-order valence-corrected chi connectivity index (χ4v) is 4.21. The molecule has 7 heteroatoms. The molecule has 0 aliphatic carbocycles. The Morgan fingerprint density at radius 1 is 1.08 bits per heavy atom. The maximum Gasteiger partial charge on any atom is 0.235 e. The van der Waals surface area contributed by atoms with E-state index >= 15 is 0 Å². The van der Waals surface area contributed by atoms with E-state index in [1.54, 1.807) is 36.4 Å². The first-order valence-electron chi connectivity index (χ1n) is 7.62. The zero-order valence-electron chi connectivity index (χ0n) is 13.0. The van der Waals surface area contributed by atoms with Gasteiger partial charge in [-0.2, -0.15) is 0 Å². The minimum Gasteiger partial charge on any atom is -0.508 e. The fourth-order valence-electron chi connectivity index (χ4n) is 2.64. The standard InChI is InChI=1S/C17H18N2O4S/c20-16-8-2-13(3-9-16)12-17(21)18-14-4-6-15(7-5-14)19-10-1-11-24(19,22)23/h2-9,20H,1,10-12H2,(H,18,21). The molecule has 2 aromatic rings. The first kappa shape index (κ1) is 16.3. The molecular formula is C17H18N2O4S. The van der Waals surface area contributed by atoms with Gasteiger partial charge in [0.05, 0.1) is 17.9 Å². The van der Waals surface area contributed by atoms with Gasteiger partial charge in [0.15, 0.2) is 0 Å². The number of phenols is 1. The van der Waals surface area contributed by atoms with E-state index in [2.05, 4.69) is 5.32 Å². The molecule has 0 saturated carbocycles. The van der Waals surface area contributed by atoms with Crippen LogP contribution in [-0.4, -0.2) is 31.7 Å². The first-order chi connectivity index (χ1) is 11.4. The molecule has 0 radical (unpaired) electrons. The van der Waals surface area contributed by atoms with Crippen molar-refractivity contribution in [3.05, 3.63) is 54.1 Å². The Bertz CT molecular complexity index is 830. The summed E-state index contributed by atoms with van der Waals surface area (Å²) in [5.74, 6) is 0.159. The molecular weight excluding hydrogens is 328 g/mol. The largest absolute Gasteiger partial charge is 0.508 e. The Labute approximate surface area is 140 Å². The molecule has 0 bridgehead atoms. The molecule has 0 aromatic heterocycles. The number of nitrogens with zero attached hydrogens (tertiary/aromatic N) is 1. The molecule has 1 amide bonds. The van der Waals surface area contributed by atoms with Crippen LogP contribution in [0, 0.1) is 0 Å². The number of aromatic hydroxyl groups is 1. The molecule has 0 atom stereocenters. The number of anilines is 2. The van der Waals surface area contributed by atoms with E-state index in [9.17, 15) is 18.3 Å². The van der Waals surface area contributed by atoms with Crippen molar-refractivity contribution in [3.63, 3.8) is 0 Å². The molecule has 2 N–H and O–H groups in total. The Morgan fingerprint density at radius 3 is 2.33 bits per heavy atom. The quantitative estimate of drug-likeness (QED) is 0.888. The number of carbonyl (C=O) groups excluding carboxylic acids is 1. The number of phenolic OH excluding ortho intramolecular Hbond substituents is 1. The van der Waals surface area contributed by atoms with Crippen molar-refractivity contribution in [1.82, 2.24) is 0 Å². The smallest absolute Gasteiger partial charge is 0.235 e. The van der Waals surface area contributed by atoms with Crippen LogP contribution in [-0.2, 0) is 21.2 Å². The Morgan fingerprint density at radius 2 is 1.75 bits per heavy atom. The lowest BCUT2D eigenvalue weighted by Gasteiger charge is -2.17. The van der Waals surface area contributed by atoms with E-state index in [0.717, 1.165) is 5.56 Å². The van der Waals surface area contributed by atoms with Crippen molar-refractivity contribution in [1.29, 1.82) is 0 Å². The average Bonchev–Trinajstić information content (AvgIpc) is 2.90. The highest BCUT2D eigenvalue weighted by Gasteiger charge is 2.28. The molecule has 6 nitrogen and oxygen atoms in total. The van der Waals surface area contributed by atoms with Gasteiger partial charge in [0.1, 0.15) is 5.75 Å². The minimum absolute atomic E-state index is 0.159. The number of rotatable bonds is 4. The average molecular weight is 346 g/mol. The lowest BCUT2D eigenvalue weighted by molar-refractivity contribution is -0.115. The number of sulfonamides is 1. The zero-order chi connectivity index (χ0) is 17.2. The molecule has 1 heterocycles. The summed E-state index contributed by atoms with van der Waals surface area (Å²) in [4.78, 5) is 12.0. The summed E-state index contributed by atoms with van der Waals surface area (Å²) in [5, 5.41) is 12.0. The monoisotopic (exact) mass is 346 g/mol. The Balaban J connectivity index is 1.63. The summed E-state index contributed by atoms with van der Waals surface area (Å²) in [5.41, 5.74) is 2.02. The number of amides is 1. The third kappa shape index (κ3) is 3.68. The maximum absolute atomic E-state index is 12.0. The summed E-state index contributed by atoms with van der Waals surface area (Å²) in [6.07, 6.45) is 0.829. The number of benzene rings is 2. The highest BCUT2D eigenvalue weighted by Crippen LogP contribution is 2.25.